The Labute approximate surface area is 105 Å². The van der Waals surface area contributed by atoms with Crippen molar-refractivity contribution < 1.29 is 14.7 Å². The SMILES string of the molecule is O=C(CN1CCC(C(=O)O)CC1)c1ccncc1. The van der Waals surface area contributed by atoms with Crippen molar-refractivity contribution in [2.45, 2.75) is 12.8 Å². The predicted octanol–water partition coefficient (Wildman–Crippen LogP) is 1.06. The molecule has 18 heavy (non-hydrogen) atoms. The van der Waals surface area contributed by atoms with Gasteiger partial charge in [0.05, 0.1) is 12.5 Å². The largest absolute Gasteiger partial charge is 0.481 e. The highest BCUT2D eigenvalue weighted by molar-refractivity contribution is 5.97. The molecule has 2 heterocycles. The van der Waals surface area contributed by atoms with Gasteiger partial charge >= 0.3 is 5.97 Å². The van der Waals surface area contributed by atoms with Crippen LogP contribution in [0, 0.1) is 5.92 Å². The molecule has 0 amide bonds. The summed E-state index contributed by atoms with van der Waals surface area (Å²) < 4.78 is 0. The molecule has 2 rings (SSSR count). The van der Waals surface area contributed by atoms with E-state index in [0.717, 1.165) is 0 Å². The number of hydrogen-bond donors (Lipinski definition) is 1. The average Bonchev–Trinajstić information content (AvgIpc) is 2.40. The molecular weight excluding hydrogens is 232 g/mol. The number of piperidine rings is 1. The second-order valence-corrected chi connectivity index (χ2v) is 4.55. The quantitative estimate of drug-likeness (QED) is 0.807. The maximum absolute atomic E-state index is 11.9. The molecule has 1 N–H and O–H groups in total. The van der Waals surface area contributed by atoms with Crippen LogP contribution in [0.1, 0.15) is 23.2 Å². The maximum atomic E-state index is 11.9. The highest BCUT2D eigenvalue weighted by Crippen LogP contribution is 2.17. The first-order valence-electron chi connectivity index (χ1n) is 6.05. The van der Waals surface area contributed by atoms with Crippen LogP contribution in [0.2, 0.25) is 0 Å². The summed E-state index contributed by atoms with van der Waals surface area (Å²) in [6.07, 6.45) is 4.45. The Morgan fingerprint density at radius 3 is 2.44 bits per heavy atom. The van der Waals surface area contributed by atoms with Crippen LogP contribution in [-0.2, 0) is 4.79 Å². The van der Waals surface area contributed by atoms with Crippen molar-refractivity contribution in [1.82, 2.24) is 9.88 Å². The number of carbonyl (C=O) groups excluding carboxylic acids is 1. The third-order valence-corrected chi connectivity index (χ3v) is 3.31. The van der Waals surface area contributed by atoms with Crippen LogP contribution in [0.4, 0.5) is 0 Å². The van der Waals surface area contributed by atoms with E-state index in [1.165, 1.54) is 0 Å². The van der Waals surface area contributed by atoms with E-state index >= 15 is 0 Å². The number of carbonyl (C=O) groups is 2. The summed E-state index contributed by atoms with van der Waals surface area (Å²) in [5, 5.41) is 8.89. The van der Waals surface area contributed by atoms with Gasteiger partial charge in [-0.2, -0.15) is 0 Å². The summed E-state index contributed by atoms with van der Waals surface area (Å²) in [7, 11) is 0. The highest BCUT2D eigenvalue weighted by Gasteiger charge is 2.25. The molecule has 96 valence electrons. The number of likely N-dealkylation sites (tertiary alicyclic amines) is 1. The van der Waals surface area contributed by atoms with Crippen LogP contribution in [0.3, 0.4) is 0 Å². The molecule has 0 atom stereocenters. The lowest BCUT2D eigenvalue weighted by Crippen LogP contribution is -2.39. The topological polar surface area (TPSA) is 70.5 Å². The summed E-state index contributed by atoms with van der Waals surface area (Å²) in [4.78, 5) is 28.6. The first-order chi connectivity index (χ1) is 8.66. The van der Waals surface area contributed by atoms with Gasteiger partial charge in [0, 0.05) is 18.0 Å². The number of ketones is 1. The third-order valence-electron chi connectivity index (χ3n) is 3.31. The fourth-order valence-corrected chi connectivity index (χ4v) is 2.17. The molecule has 0 aliphatic carbocycles. The fraction of sp³-hybridized carbons (Fsp3) is 0.462. The Bertz CT molecular complexity index is 425. The monoisotopic (exact) mass is 248 g/mol. The summed E-state index contributed by atoms with van der Waals surface area (Å²) in [5.41, 5.74) is 0.658. The lowest BCUT2D eigenvalue weighted by Gasteiger charge is -2.29. The van der Waals surface area contributed by atoms with Gasteiger partial charge in [0.2, 0.25) is 0 Å². The second-order valence-electron chi connectivity index (χ2n) is 4.55. The molecule has 1 aliphatic rings. The van der Waals surface area contributed by atoms with Crippen molar-refractivity contribution >= 4 is 11.8 Å². The van der Waals surface area contributed by atoms with Crippen LogP contribution < -0.4 is 0 Å². The molecule has 0 aromatic carbocycles. The van der Waals surface area contributed by atoms with E-state index in [9.17, 15) is 9.59 Å². The van der Waals surface area contributed by atoms with E-state index in [0.29, 0.717) is 38.0 Å². The summed E-state index contributed by atoms with van der Waals surface area (Å²) in [6.45, 7) is 1.71. The Morgan fingerprint density at radius 2 is 1.89 bits per heavy atom. The van der Waals surface area contributed by atoms with Crippen LogP contribution in [0.15, 0.2) is 24.5 Å². The van der Waals surface area contributed by atoms with E-state index in [1.807, 2.05) is 4.90 Å². The van der Waals surface area contributed by atoms with Gasteiger partial charge in [0.15, 0.2) is 5.78 Å². The van der Waals surface area contributed by atoms with Gasteiger partial charge in [0.1, 0.15) is 0 Å². The van der Waals surface area contributed by atoms with E-state index in [1.54, 1.807) is 24.5 Å². The molecule has 1 aromatic heterocycles. The molecule has 0 saturated carbocycles. The van der Waals surface area contributed by atoms with Crippen molar-refractivity contribution in [1.29, 1.82) is 0 Å². The minimum atomic E-state index is -0.727. The molecule has 1 fully saturated rings. The van der Waals surface area contributed by atoms with Gasteiger partial charge in [-0.15, -0.1) is 0 Å². The highest BCUT2D eigenvalue weighted by atomic mass is 16.4. The summed E-state index contributed by atoms with van der Waals surface area (Å²) >= 11 is 0. The Kier molecular flexibility index (Phi) is 4.04. The zero-order valence-electron chi connectivity index (χ0n) is 10.1. The van der Waals surface area contributed by atoms with E-state index in [4.69, 9.17) is 5.11 Å². The number of carboxylic acids is 1. The number of rotatable bonds is 4. The van der Waals surface area contributed by atoms with Crippen molar-refractivity contribution in [3.8, 4) is 0 Å². The smallest absolute Gasteiger partial charge is 0.306 e. The molecule has 0 radical (unpaired) electrons. The van der Waals surface area contributed by atoms with Crippen molar-refractivity contribution in [2.75, 3.05) is 19.6 Å². The molecule has 1 aliphatic heterocycles. The maximum Gasteiger partial charge on any atom is 0.306 e. The Balaban J connectivity index is 1.85. The normalized spacial score (nSPS) is 17.6. The van der Waals surface area contributed by atoms with Crippen LogP contribution in [-0.4, -0.2) is 46.4 Å². The van der Waals surface area contributed by atoms with E-state index < -0.39 is 5.97 Å². The number of aliphatic carboxylic acids is 1. The average molecular weight is 248 g/mol. The molecule has 0 unspecified atom stereocenters. The lowest BCUT2D eigenvalue weighted by molar-refractivity contribution is -0.143. The molecule has 0 bridgehead atoms. The zero-order chi connectivity index (χ0) is 13.0. The van der Waals surface area contributed by atoms with Gasteiger partial charge in [-0.05, 0) is 38.1 Å². The Morgan fingerprint density at radius 1 is 1.28 bits per heavy atom. The zero-order valence-corrected chi connectivity index (χ0v) is 10.1. The van der Waals surface area contributed by atoms with Crippen molar-refractivity contribution in [2.24, 2.45) is 5.92 Å². The predicted molar refractivity (Wildman–Crippen MR) is 65.4 cm³/mol. The number of Topliss-reactive ketones (excluding diaryl/α,β-unsaturated/α-hetero) is 1. The third kappa shape index (κ3) is 3.13. The van der Waals surface area contributed by atoms with Crippen molar-refractivity contribution in [3.05, 3.63) is 30.1 Å². The standard InChI is InChI=1S/C13H16N2O3/c16-12(10-1-5-14-6-2-10)9-15-7-3-11(4-8-15)13(17)18/h1-2,5-6,11H,3-4,7-9H2,(H,17,18). The number of aromatic nitrogens is 1. The number of carboxylic acid groups (broad SMARTS) is 1. The number of nitrogens with zero attached hydrogens (tertiary/aromatic N) is 2. The molecule has 5 nitrogen and oxygen atoms in total. The first-order valence-corrected chi connectivity index (χ1v) is 6.05. The molecular formula is C13H16N2O3. The molecule has 5 heteroatoms. The lowest BCUT2D eigenvalue weighted by atomic mass is 9.97. The van der Waals surface area contributed by atoms with E-state index in [-0.39, 0.29) is 11.7 Å². The van der Waals surface area contributed by atoms with E-state index in [2.05, 4.69) is 4.98 Å². The second kappa shape index (κ2) is 5.73. The van der Waals surface area contributed by atoms with Gasteiger partial charge in [-0.25, -0.2) is 0 Å². The van der Waals surface area contributed by atoms with Gasteiger partial charge in [-0.1, -0.05) is 0 Å². The minimum absolute atomic E-state index is 0.0613. The number of pyridine rings is 1. The van der Waals surface area contributed by atoms with Gasteiger partial charge in [0.25, 0.3) is 0 Å². The van der Waals surface area contributed by atoms with Crippen LogP contribution >= 0.6 is 0 Å². The van der Waals surface area contributed by atoms with Crippen LogP contribution in [0.25, 0.3) is 0 Å². The summed E-state index contributed by atoms with van der Waals surface area (Å²) in [5.74, 6) is -0.918. The minimum Gasteiger partial charge on any atom is -0.481 e. The molecule has 1 saturated heterocycles. The van der Waals surface area contributed by atoms with Crippen LogP contribution in [0.5, 0.6) is 0 Å². The first kappa shape index (κ1) is 12.7. The number of hydrogen-bond acceptors (Lipinski definition) is 4. The molecule has 0 spiro atoms. The summed E-state index contributed by atoms with van der Waals surface area (Å²) in [6, 6.07) is 3.40. The van der Waals surface area contributed by atoms with Gasteiger partial charge in [-0.3, -0.25) is 19.5 Å². The van der Waals surface area contributed by atoms with Crippen molar-refractivity contribution in [3.63, 3.8) is 0 Å². The fourth-order valence-electron chi connectivity index (χ4n) is 2.17. The Hall–Kier alpha value is -1.75. The molecule has 1 aromatic rings. The van der Waals surface area contributed by atoms with Gasteiger partial charge < -0.3 is 5.11 Å².